The van der Waals surface area contributed by atoms with Crippen LogP contribution in [0.3, 0.4) is 0 Å². The summed E-state index contributed by atoms with van der Waals surface area (Å²) in [5.41, 5.74) is 5.45. The number of rotatable bonds is 2. The quantitative estimate of drug-likeness (QED) is 0.548. The van der Waals surface area contributed by atoms with Gasteiger partial charge in [-0.2, -0.15) is 0 Å². The second-order valence-electron chi connectivity index (χ2n) is 2.39. The molecule has 1 aromatic rings. The predicted molar refractivity (Wildman–Crippen MR) is 56.0 cm³/mol. The van der Waals surface area contributed by atoms with Crippen LogP contribution in [-0.4, -0.2) is 23.2 Å². The van der Waals surface area contributed by atoms with Gasteiger partial charge >= 0.3 is 5.97 Å². The van der Waals surface area contributed by atoms with E-state index in [0.29, 0.717) is 5.82 Å². The van der Waals surface area contributed by atoms with Gasteiger partial charge < -0.3 is 15.8 Å². The van der Waals surface area contributed by atoms with Crippen LogP contribution in [0.15, 0.2) is 18.2 Å². The fourth-order valence-corrected chi connectivity index (χ4v) is 0.953. The van der Waals surface area contributed by atoms with E-state index in [9.17, 15) is 4.79 Å². The third-order valence-electron chi connectivity index (χ3n) is 1.39. The molecule has 0 amide bonds. The third-order valence-corrected chi connectivity index (χ3v) is 1.50. The molecule has 0 aromatic carbocycles. The van der Waals surface area contributed by atoms with E-state index in [1.54, 1.807) is 12.1 Å². The fraction of sp³-hybridized carbons (Fsp3) is 0.125. The molecule has 0 radical (unpaired) electrons. The highest BCUT2D eigenvalue weighted by Crippen LogP contribution is 2.05. The average molecular weight is 211 g/mol. The van der Waals surface area contributed by atoms with Crippen molar-refractivity contribution >= 4 is 29.1 Å². The molecule has 0 bridgehead atoms. The van der Waals surface area contributed by atoms with Crippen molar-refractivity contribution in [2.75, 3.05) is 12.4 Å². The Bertz CT molecular complexity index is 367. The Balaban J connectivity index is 2.89. The highest BCUT2D eigenvalue weighted by molar-refractivity contribution is 7.80. The summed E-state index contributed by atoms with van der Waals surface area (Å²) in [6.07, 6.45) is 0. The number of pyridine rings is 1. The summed E-state index contributed by atoms with van der Waals surface area (Å²) < 4.78 is 4.50. The van der Waals surface area contributed by atoms with Crippen LogP contribution < -0.4 is 11.1 Å². The van der Waals surface area contributed by atoms with Crippen LogP contribution in [0.5, 0.6) is 0 Å². The van der Waals surface area contributed by atoms with Gasteiger partial charge in [-0.05, 0) is 24.4 Å². The number of nitrogens with zero attached hydrogens (tertiary/aromatic N) is 1. The third kappa shape index (κ3) is 2.67. The zero-order valence-electron chi connectivity index (χ0n) is 7.48. The summed E-state index contributed by atoms with van der Waals surface area (Å²) in [7, 11) is 1.29. The second-order valence-corrected chi connectivity index (χ2v) is 2.83. The zero-order valence-corrected chi connectivity index (χ0v) is 8.30. The van der Waals surface area contributed by atoms with E-state index in [-0.39, 0.29) is 10.8 Å². The number of nitrogens with one attached hydrogen (secondary N) is 1. The molecule has 0 spiro atoms. The lowest BCUT2D eigenvalue weighted by Crippen LogP contribution is -2.20. The topological polar surface area (TPSA) is 77.2 Å². The van der Waals surface area contributed by atoms with Crippen molar-refractivity contribution in [3.05, 3.63) is 23.9 Å². The molecule has 1 heterocycles. The zero-order chi connectivity index (χ0) is 10.6. The largest absolute Gasteiger partial charge is 0.464 e. The number of hydrogen-bond acceptors (Lipinski definition) is 4. The molecular formula is C8H9N3O2S. The molecular weight excluding hydrogens is 202 g/mol. The van der Waals surface area contributed by atoms with Crippen LogP contribution in [0.4, 0.5) is 5.82 Å². The van der Waals surface area contributed by atoms with E-state index >= 15 is 0 Å². The molecule has 74 valence electrons. The van der Waals surface area contributed by atoms with Crippen LogP contribution in [-0.2, 0) is 4.74 Å². The Kier molecular flexibility index (Phi) is 3.35. The lowest BCUT2D eigenvalue weighted by molar-refractivity contribution is 0.0594. The Labute approximate surface area is 86.3 Å². The van der Waals surface area contributed by atoms with Gasteiger partial charge in [-0.1, -0.05) is 6.07 Å². The highest BCUT2D eigenvalue weighted by Gasteiger charge is 2.07. The van der Waals surface area contributed by atoms with Gasteiger partial charge in [0.1, 0.15) is 5.82 Å². The van der Waals surface area contributed by atoms with Crippen molar-refractivity contribution in [3.8, 4) is 0 Å². The van der Waals surface area contributed by atoms with Gasteiger partial charge in [0.25, 0.3) is 0 Å². The molecule has 0 saturated carbocycles. The SMILES string of the molecule is COC(=O)c1cccc(NC(N)=S)n1. The first-order valence-corrected chi connectivity index (χ1v) is 4.16. The van der Waals surface area contributed by atoms with Gasteiger partial charge in [-0.3, -0.25) is 0 Å². The number of carbonyl (C=O) groups is 1. The maximum Gasteiger partial charge on any atom is 0.356 e. The number of anilines is 1. The van der Waals surface area contributed by atoms with Gasteiger partial charge in [-0.25, -0.2) is 9.78 Å². The molecule has 1 aromatic heterocycles. The van der Waals surface area contributed by atoms with E-state index in [2.05, 4.69) is 27.3 Å². The molecule has 0 aliphatic carbocycles. The first-order valence-electron chi connectivity index (χ1n) is 3.75. The van der Waals surface area contributed by atoms with E-state index in [0.717, 1.165) is 0 Å². The Hall–Kier alpha value is -1.69. The van der Waals surface area contributed by atoms with E-state index < -0.39 is 5.97 Å². The maximum absolute atomic E-state index is 11.1. The van der Waals surface area contributed by atoms with Gasteiger partial charge in [0, 0.05) is 0 Å². The lowest BCUT2D eigenvalue weighted by atomic mass is 10.3. The van der Waals surface area contributed by atoms with Crippen LogP contribution in [0.1, 0.15) is 10.5 Å². The molecule has 6 heteroatoms. The van der Waals surface area contributed by atoms with Crippen molar-refractivity contribution in [1.29, 1.82) is 0 Å². The van der Waals surface area contributed by atoms with Crippen molar-refractivity contribution in [1.82, 2.24) is 4.98 Å². The van der Waals surface area contributed by atoms with E-state index in [1.807, 2.05) is 0 Å². The van der Waals surface area contributed by atoms with Gasteiger partial charge in [0.15, 0.2) is 10.8 Å². The molecule has 0 saturated heterocycles. The van der Waals surface area contributed by atoms with Gasteiger partial charge in [-0.15, -0.1) is 0 Å². The summed E-state index contributed by atoms with van der Waals surface area (Å²) >= 11 is 4.63. The lowest BCUT2D eigenvalue weighted by Gasteiger charge is -2.03. The standard InChI is InChI=1S/C8H9N3O2S/c1-13-7(12)5-3-2-4-6(10-5)11-8(9)14/h2-4H,1H3,(H3,9,10,11,14). The molecule has 5 nitrogen and oxygen atoms in total. The minimum absolute atomic E-state index is 0.0968. The maximum atomic E-state index is 11.1. The number of nitrogens with two attached hydrogens (primary N) is 1. The molecule has 14 heavy (non-hydrogen) atoms. The Morgan fingerprint density at radius 2 is 2.36 bits per heavy atom. The summed E-state index contributed by atoms with van der Waals surface area (Å²) in [5, 5.41) is 2.71. The van der Waals surface area contributed by atoms with Crippen LogP contribution in [0.2, 0.25) is 0 Å². The van der Waals surface area contributed by atoms with Crippen molar-refractivity contribution in [3.63, 3.8) is 0 Å². The number of carbonyl (C=O) groups excluding carboxylic acids is 1. The van der Waals surface area contributed by atoms with Crippen molar-refractivity contribution in [2.45, 2.75) is 0 Å². The van der Waals surface area contributed by atoms with Crippen LogP contribution in [0.25, 0.3) is 0 Å². The van der Waals surface area contributed by atoms with E-state index in [4.69, 9.17) is 5.73 Å². The molecule has 0 fully saturated rings. The predicted octanol–water partition coefficient (Wildman–Crippen LogP) is 0.524. The molecule has 3 N–H and O–H groups in total. The smallest absolute Gasteiger partial charge is 0.356 e. The number of esters is 1. The van der Waals surface area contributed by atoms with Gasteiger partial charge in [0.2, 0.25) is 0 Å². The Morgan fingerprint density at radius 3 is 2.93 bits per heavy atom. The van der Waals surface area contributed by atoms with Crippen LogP contribution in [0, 0.1) is 0 Å². The molecule has 0 unspecified atom stereocenters. The molecule has 0 aliphatic heterocycles. The van der Waals surface area contributed by atoms with Crippen molar-refractivity contribution in [2.24, 2.45) is 5.73 Å². The normalized spacial score (nSPS) is 9.21. The number of methoxy groups -OCH3 is 1. The number of hydrogen-bond donors (Lipinski definition) is 2. The second kappa shape index (κ2) is 4.52. The number of ether oxygens (including phenoxy) is 1. The first kappa shape index (κ1) is 10.4. The monoisotopic (exact) mass is 211 g/mol. The number of thiocarbonyl (C=S) groups is 1. The van der Waals surface area contributed by atoms with E-state index in [1.165, 1.54) is 13.2 Å². The Morgan fingerprint density at radius 1 is 1.64 bits per heavy atom. The molecule has 1 rings (SSSR count). The fourth-order valence-electron chi connectivity index (χ4n) is 0.849. The van der Waals surface area contributed by atoms with Crippen molar-refractivity contribution < 1.29 is 9.53 Å². The average Bonchev–Trinajstić information content (AvgIpc) is 2.16. The molecule has 0 aliphatic rings. The minimum Gasteiger partial charge on any atom is -0.464 e. The summed E-state index contributed by atoms with van der Waals surface area (Å²) in [5.74, 6) is -0.0861. The summed E-state index contributed by atoms with van der Waals surface area (Å²) in [4.78, 5) is 15.0. The summed E-state index contributed by atoms with van der Waals surface area (Å²) in [6, 6.07) is 4.84. The minimum atomic E-state index is -0.503. The molecule has 0 atom stereocenters. The highest BCUT2D eigenvalue weighted by atomic mass is 32.1. The van der Waals surface area contributed by atoms with Crippen LogP contribution >= 0.6 is 12.2 Å². The summed E-state index contributed by atoms with van der Waals surface area (Å²) in [6.45, 7) is 0. The first-order chi connectivity index (χ1) is 6.63. The number of aromatic nitrogens is 1. The van der Waals surface area contributed by atoms with Gasteiger partial charge in [0.05, 0.1) is 7.11 Å².